The van der Waals surface area contributed by atoms with Crippen molar-refractivity contribution in [3.8, 4) is 11.4 Å². The highest BCUT2D eigenvalue weighted by Gasteiger charge is 2.51. The molecule has 1 heterocycles. The number of carbonyl (C=O) groups is 3. The summed E-state index contributed by atoms with van der Waals surface area (Å²) in [6, 6.07) is 21.9. The minimum absolute atomic E-state index is 0.00117. The normalized spacial score (nSPS) is 13.9. The van der Waals surface area contributed by atoms with E-state index in [1.807, 2.05) is 24.3 Å². The highest BCUT2D eigenvalue weighted by molar-refractivity contribution is 8.03. The number of carbonyl (C=O) groups excluding carboxylic acids is 3. The molecule has 0 aliphatic heterocycles. The fourth-order valence-electron chi connectivity index (χ4n) is 5.13. The summed E-state index contributed by atoms with van der Waals surface area (Å²) >= 11 is 7.73. The molecule has 4 aromatic rings. The van der Waals surface area contributed by atoms with Crippen LogP contribution in [0.1, 0.15) is 93.2 Å². The van der Waals surface area contributed by atoms with Gasteiger partial charge in [0.1, 0.15) is 5.75 Å². The third-order valence-electron chi connectivity index (χ3n) is 9.26. The molecule has 2 unspecified atom stereocenters. The number of para-hydroxylation sites is 1. The lowest BCUT2D eigenvalue weighted by Crippen LogP contribution is -2.47. The molecule has 0 spiro atoms. The molecule has 0 radical (unpaired) electrons. The number of hydrogen-bond acceptors (Lipinski definition) is 8. The van der Waals surface area contributed by atoms with Crippen LogP contribution >= 0.6 is 23.4 Å². The smallest absolute Gasteiger partial charge is 0.265 e. The number of aromatic nitrogens is 4. The highest BCUT2D eigenvalue weighted by Crippen LogP contribution is 2.43. The van der Waals surface area contributed by atoms with Crippen molar-refractivity contribution in [2.75, 3.05) is 10.6 Å². The number of alkyl halides is 1. The Balaban J connectivity index is 1.54. The van der Waals surface area contributed by atoms with Crippen LogP contribution in [0, 0.1) is 5.41 Å². The van der Waals surface area contributed by atoms with Crippen LogP contribution in [0.15, 0.2) is 78.0 Å². The molecule has 0 saturated carbocycles. The first-order chi connectivity index (χ1) is 23.8. The van der Waals surface area contributed by atoms with Crippen molar-refractivity contribution in [3.63, 3.8) is 0 Å². The van der Waals surface area contributed by atoms with E-state index in [9.17, 15) is 14.4 Å². The van der Waals surface area contributed by atoms with Crippen LogP contribution < -0.4 is 15.4 Å². The number of ether oxygens (including phenoxy) is 1. The topological polar surface area (TPSA) is 128 Å². The summed E-state index contributed by atoms with van der Waals surface area (Å²) in [5.74, 6) is -1.01. The van der Waals surface area contributed by atoms with Crippen molar-refractivity contribution in [2.45, 2.75) is 108 Å². The van der Waals surface area contributed by atoms with Crippen LogP contribution in [0.2, 0.25) is 0 Å². The molecule has 3 aromatic carbocycles. The van der Waals surface area contributed by atoms with Crippen molar-refractivity contribution < 1.29 is 19.1 Å². The van der Waals surface area contributed by atoms with Gasteiger partial charge in [-0.1, -0.05) is 110 Å². The number of hydrogen-bond donors (Lipinski definition) is 2. The van der Waals surface area contributed by atoms with E-state index in [0.717, 1.165) is 30.2 Å². The lowest BCUT2D eigenvalue weighted by Gasteiger charge is -2.31. The van der Waals surface area contributed by atoms with Gasteiger partial charge in [0, 0.05) is 22.4 Å². The molecule has 51 heavy (non-hydrogen) atoms. The van der Waals surface area contributed by atoms with Crippen LogP contribution in [0.5, 0.6) is 5.75 Å². The Labute approximate surface area is 310 Å². The summed E-state index contributed by atoms with van der Waals surface area (Å²) in [6.45, 7) is 19.9. The van der Waals surface area contributed by atoms with Gasteiger partial charge in [0.2, 0.25) is 9.36 Å². The number of ketones is 1. The minimum Gasteiger partial charge on any atom is -0.481 e. The highest BCUT2D eigenvalue weighted by atomic mass is 35.5. The molecule has 0 fully saturated rings. The summed E-state index contributed by atoms with van der Waals surface area (Å²) in [7, 11) is 0. The number of rotatable bonds is 14. The quantitative estimate of drug-likeness (QED) is 0.0749. The number of anilines is 2. The van der Waals surface area contributed by atoms with Gasteiger partial charge in [-0.25, -0.2) is 0 Å². The minimum atomic E-state index is -2.13. The molecule has 2 atom stereocenters. The third kappa shape index (κ3) is 9.18. The molecule has 2 N–H and O–H groups in total. The zero-order valence-corrected chi connectivity index (χ0v) is 32.7. The SMILES string of the molecule is CCC(C)(C)c1ccc(OC(C)C(=O)Nc2cccc(NC(=O)C(Cl)(Sc3nnnn3-c3ccccc3)C(=O)C(C)(C)C)c2)c(C(C)(C)CC)c1. The Kier molecular flexibility index (Phi) is 12.1. The van der Waals surface area contributed by atoms with Crippen LogP contribution in [-0.2, 0) is 25.2 Å². The number of nitrogens with one attached hydrogen (secondary N) is 2. The molecule has 0 aliphatic rings. The number of benzene rings is 3. The fraction of sp³-hybridized carbons (Fsp3) is 0.436. The predicted octanol–water partition coefficient (Wildman–Crippen LogP) is 8.72. The monoisotopic (exact) mass is 732 g/mol. The summed E-state index contributed by atoms with van der Waals surface area (Å²) in [5, 5.41) is 17.7. The molecule has 10 nitrogen and oxygen atoms in total. The van der Waals surface area contributed by atoms with Gasteiger partial charge in [0.25, 0.3) is 11.8 Å². The maximum Gasteiger partial charge on any atom is 0.265 e. The summed E-state index contributed by atoms with van der Waals surface area (Å²) < 4.78 is 5.58. The Hall–Kier alpha value is -4.22. The lowest BCUT2D eigenvalue weighted by molar-refractivity contribution is -0.131. The van der Waals surface area contributed by atoms with E-state index < -0.39 is 27.4 Å². The van der Waals surface area contributed by atoms with Crippen LogP contribution in [-0.4, -0.2) is 48.1 Å². The van der Waals surface area contributed by atoms with E-state index in [2.05, 4.69) is 79.8 Å². The van der Waals surface area contributed by atoms with Gasteiger partial charge in [-0.3, -0.25) is 14.4 Å². The van der Waals surface area contributed by atoms with E-state index in [1.165, 1.54) is 10.2 Å². The van der Waals surface area contributed by atoms with E-state index in [4.69, 9.17) is 16.3 Å². The van der Waals surface area contributed by atoms with Gasteiger partial charge in [-0.05, 0) is 94.7 Å². The molecule has 272 valence electrons. The van der Waals surface area contributed by atoms with Gasteiger partial charge in [0.15, 0.2) is 11.9 Å². The predicted molar refractivity (Wildman–Crippen MR) is 205 cm³/mol. The van der Waals surface area contributed by atoms with Gasteiger partial charge in [-0.2, -0.15) is 4.68 Å². The number of nitrogens with zero attached hydrogens (tertiary/aromatic N) is 4. The van der Waals surface area contributed by atoms with Gasteiger partial charge in [0.05, 0.1) is 5.69 Å². The van der Waals surface area contributed by atoms with E-state index in [0.29, 0.717) is 22.8 Å². The second-order valence-corrected chi connectivity index (χ2v) is 16.9. The summed E-state index contributed by atoms with van der Waals surface area (Å²) in [4.78, 5) is 41.1. The molecule has 0 aliphatic carbocycles. The first kappa shape index (κ1) is 39.6. The second kappa shape index (κ2) is 15.6. The Bertz CT molecular complexity index is 1870. The maximum atomic E-state index is 13.9. The Morgan fingerprint density at radius 3 is 2.08 bits per heavy atom. The lowest BCUT2D eigenvalue weighted by atomic mass is 9.76. The van der Waals surface area contributed by atoms with Crippen LogP contribution in [0.25, 0.3) is 5.69 Å². The average Bonchev–Trinajstić information content (AvgIpc) is 3.55. The second-order valence-electron chi connectivity index (χ2n) is 15.0. The zero-order chi connectivity index (χ0) is 37.8. The standard InChI is InChI=1S/C39H49ClN6O4S/c1-11-37(7,8)26-21-22-31(30(23-26)38(9,10)12-2)50-25(3)32(47)41-27-17-16-18-28(24-27)42-34(49)39(40,33(48)36(4,5)6)51-35-43-44-45-46(35)29-19-14-13-15-20-29/h13-25H,11-12H2,1-10H3,(H,41,47)(H,42,49). The zero-order valence-electron chi connectivity index (χ0n) is 31.1. The van der Waals surface area contributed by atoms with E-state index >= 15 is 0 Å². The first-order valence-corrected chi connectivity index (χ1v) is 18.3. The Morgan fingerprint density at radius 2 is 1.47 bits per heavy atom. The van der Waals surface area contributed by atoms with Gasteiger partial charge in [-0.15, -0.1) is 5.10 Å². The van der Waals surface area contributed by atoms with Crippen molar-refractivity contribution >= 4 is 52.3 Å². The van der Waals surface area contributed by atoms with Gasteiger partial charge < -0.3 is 15.4 Å². The van der Waals surface area contributed by atoms with Crippen LogP contribution in [0.4, 0.5) is 11.4 Å². The molecular weight excluding hydrogens is 684 g/mol. The van der Waals surface area contributed by atoms with Crippen LogP contribution in [0.3, 0.4) is 0 Å². The van der Waals surface area contributed by atoms with Crippen molar-refractivity contribution in [1.29, 1.82) is 0 Å². The first-order valence-electron chi connectivity index (χ1n) is 17.1. The number of halogens is 1. The largest absolute Gasteiger partial charge is 0.481 e. The molecular formula is C39H49ClN6O4S. The molecule has 4 rings (SSSR count). The van der Waals surface area contributed by atoms with E-state index in [-0.39, 0.29) is 21.9 Å². The number of Topliss-reactive ketones (excluding diaryl/α,β-unsaturated/α-hetero) is 1. The fourth-order valence-corrected chi connectivity index (χ4v) is 6.77. The summed E-state index contributed by atoms with van der Waals surface area (Å²) in [6.07, 6.45) is 1.06. The number of thioether (sulfide) groups is 1. The number of amides is 2. The van der Waals surface area contributed by atoms with E-state index in [1.54, 1.807) is 64.1 Å². The number of tetrazole rings is 1. The van der Waals surface area contributed by atoms with Gasteiger partial charge >= 0.3 is 0 Å². The Morgan fingerprint density at radius 1 is 0.843 bits per heavy atom. The average molecular weight is 733 g/mol. The maximum absolute atomic E-state index is 13.9. The molecule has 0 bridgehead atoms. The molecule has 2 amide bonds. The molecule has 12 heteroatoms. The third-order valence-corrected chi connectivity index (χ3v) is 10.9. The summed E-state index contributed by atoms with van der Waals surface area (Å²) in [5.41, 5.74) is 2.50. The van der Waals surface area contributed by atoms with Crippen molar-refractivity contribution in [3.05, 3.63) is 83.9 Å². The van der Waals surface area contributed by atoms with Crippen molar-refractivity contribution in [2.24, 2.45) is 5.41 Å². The molecule has 1 aromatic heterocycles. The van der Waals surface area contributed by atoms with Crippen molar-refractivity contribution in [1.82, 2.24) is 20.2 Å². The molecule has 0 saturated heterocycles.